The van der Waals surface area contributed by atoms with Crippen LogP contribution in [0.1, 0.15) is 10.4 Å². The van der Waals surface area contributed by atoms with Crippen molar-refractivity contribution in [2.24, 2.45) is 0 Å². The van der Waals surface area contributed by atoms with Crippen LogP contribution in [0.2, 0.25) is 0 Å². The lowest BCUT2D eigenvalue weighted by molar-refractivity contribution is 0.700. The van der Waals surface area contributed by atoms with Gasteiger partial charge in [0.05, 0.1) is 5.69 Å². The van der Waals surface area contributed by atoms with E-state index < -0.39 is 0 Å². The molecule has 3 nitrogen and oxygen atoms in total. The van der Waals surface area contributed by atoms with Gasteiger partial charge in [-0.15, -0.1) is 11.3 Å². The summed E-state index contributed by atoms with van der Waals surface area (Å²) in [6.45, 7) is 1.77. The molecule has 1 N–H and O–H groups in total. The summed E-state index contributed by atoms with van der Waals surface area (Å²) < 4.78 is 3.02. The van der Waals surface area contributed by atoms with Gasteiger partial charge in [0, 0.05) is 40.2 Å². The van der Waals surface area contributed by atoms with Crippen LogP contribution in [-0.4, -0.2) is 9.78 Å². The van der Waals surface area contributed by atoms with Crippen LogP contribution in [0.5, 0.6) is 0 Å². The van der Waals surface area contributed by atoms with Crippen molar-refractivity contribution in [3.05, 3.63) is 69.1 Å². The van der Waals surface area contributed by atoms with Gasteiger partial charge in [-0.25, -0.2) is 4.68 Å². The summed E-state index contributed by atoms with van der Waals surface area (Å²) in [6, 6.07) is 12.5. The largest absolute Gasteiger partial charge is 0.308 e. The Kier molecular flexibility index (Phi) is 4.30. The zero-order chi connectivity index (χ0) is 13.8. The molecule has 0 aliphatic carbocycles. The van der Waals surface area contributed by atoms with Crippen LogP contribution in [0.25, 0.3) is 5.69 Å². The topological polar surface area (TPSA) is 29.9 Å². The van der Waals surface area contributed by atoms with E-state index >= 15 is 0 Å². The van der Waals surface area contributed by atoms with E-state index in [2.05, 4.69) is 62.1 Å². The molecular formula is C15H14BrN3S. The molecule has 102 valence electrons. The summed E-state index contributed by atoms with van der Waals surface area (Å²) in [5, 5.41) is 9.78. The van der Waals surface area contributed by atoms with Crippen LogP contribution in [0.15, 0.2) is 58.6 Å². The third-order valence-corrected chi connectivity index (χ3v) is 4.65. The predicted octanol–water partition coefficient (Wildman–Crippen LogP) is 3.99. The highest BCUT2D eigenvalue weighted by atomic mass is 79.9. The average Bonchev–Trinajstić information content (AvgIpc) is 3.11. The molecule has 0 aliphatic rings. The van der Waals surface area contributed by atoms with Gasteiger partial charge >= 0.3 is 0 Å². The Labute approximate surface area is 130 Å². The van der Waals surface area contributed by atoms with E-state index in [4.69, 9.17) is 0 Å². The van der Waals surface area contributed by atoms with Crippen LogP contribution in [0.3, 0.4) is 0 Å². The third kappa shape index (κ3) is 3.36. The van der Waals surface area contributed by atoms with Gasteiger partial charge in [-0.05, 0) is 45.8 Å². The number of benzene rings is 1. The van der Waals surface area contributed by atoms with E-state index in [0.29, 0.717) is 0 Å². The Morgan fingerprint density at radius 3 is 2.70 bits per heavy atom. The summed E-state index contributed by atoms with van der Waals surface area (Å²) in [5.74, 6) is 0. The minimum absolute atomic E-state index is 0.870. The first kappa shape index (κ1) is 13.5. The molecule has 0 unspecified atom stereocenters. The number of rotatable bonds is 5. The highest BCUT2D eigenvalue weighted by molar-refractivity contribution is 9.10. The van der Waals surface area contributed by atoms with Gasteiger partial charge in [0.25, 0.3) is 0 Å². The van der Waals surface area contributed by atoms with E-state index in [-0.39, 0.29) is 0 Å². The fraction of sp³-hybridized carbons (Fsp3) is 0.133. The molecule has 5 heteroatoms. The molecule has 0 atom stereocenters. The fourth-order valence-electron chi connectivity index (χ4n) is 1.96. The van der Waals surface area contributed by atoms with Crippen molar-refractivity contribution in [1.82, 2.24) is 15.1 Å². The zero-order valence-electron chi connectivity index (χ0n) is 10.8. The fourth-order valence-corrected chi connectivity index (χ4v) is 3.39. The molecule has 1 aromatic carbocycles. The van der Waals surface area contributed by atoms with E-state index in [1.807, 2.05) is 16.9 Å². The van der Waals surface area contributed by atoms with Gasteiger partial charge in [-0.1, -0.05) is 12.1 Å². The maximum absolute atomic E-state index is 4.22. The van der Waals surface area contributed by atoms with Crippen LogP contribution in [0.4, 0.5) is 0 Å². The Balaban J connectivity index is 1.56. The summed E-state index contributed by atoms with van der Waals surface area (Å²) in [7, 11) is 0. The molecule has 0 bridgehead atoms. The molecule has 0 radical (unpaired) electrons. The average molecular weight is 348 g/mol. The zero-order valence-corrected chi connectivity index (χ0v) is 13.2. The monoisotopic (exact) mass is 347 g/mol. The van der Waals surface area contributed by atoms with Crippen LogP contribution >= 0.6 is 27.3 Å². The molecule has 0 saturated heterocycles. The first-order valence-corrected chi connectivity index (χ1v) is 8.01. The lowest BCUT2D eigenvalue weighted by Crippen LogP contribution is -2.11. The number of halogens is 1. The lowest BCUT2D eigenvalue weighted by atomic mass is 10.2. The van der Waals surface area contributed by atoms with E-state index in [9.17, 15) is 0 Å². The minimum atomic E-state index is 0.870. The van der Waals surface area contributed by atoms with Gasteiger partial charge in [-0.3, -0.25) is 0 Å². The van der Waals surface area contributed by atoms with Gasteiger partial charge in [0.2, 0.25) is 0 Å². The van der Waals surface area contributed by atoms with E-state index in [1.165, 1.54) is 10.4 Å². The summed E-state index contributed by atoms with van der Waals surface area (Å²) in [5.41, 5.74) is 2.36. The maximum Gasteiger partial charge on any atom is 0.0645 e. The minimum Gasteiger partial charge on any atom is -0.308 e. The maximum atomic E-state index is 4.22. The second-order valence-corrected chi connectivity index (χ2v) is 6.36. The van der Waals surface area contributed by atoms with Crippen LogP contribution in [0, 0.1) is 0 Å². The molecule has 2 aromatic heterocycles. The van der Waals surface area contributed by atoms with Crippen molar-refractivity contribution in [1.29, 1.82) is 0 Å². The molecule has 2 heterocycles. The first-order chi connectivity index (χ1) is 9.81. The lowest BCUT2D eigenvalue weighted by Gasteiger charge is -2.05. The quantitative estimate of drug-likeness (QED) is 0.756. The van der Waals surface area contributed by atoms with Gasteiger partial charge < -0.3 is 5.32 Å². The number of hydrogen-bond donors (Lipinski definition) is 1. The molecule has 0 amide bonds. The molecule has 20 heavy (non-hydrogen) atoms. The second kappa shape index (κ2) is 6.35. The Morgan fingerprint density at radius 1 is 1.20 bits per heavy atom. The molecular weight excluding hydrogens is 334 g/mol. The third-order valence-electron chi connectivity index (χ3n) is 2.96. The molecule has 0 saturated carbocycles. The van der Waals surface area contributed by atoms with Crippen molar-refractivity contribution in [2.75, 3.05) is 0 Å². The Hall–Kier alpha value is -1.43. The SMILES string of the molecule is Brc1csc(CNCc2ccc(-n3cccn3)cc2)c1. The van der Waals surface area contributed by atoms with Crippen molar-refractivity contribution in [3.8, 4) is 5.69 Å². The highest BCUT2D eigenvalue weighted by Gasteiger charge is 1.99. The van der Waals surface area contributed by atoms with Gasteiger partial charge in [0.1, 0.15) is 0 Å². The second-order valence-electron chi connectivity index (χ2n) is 4.45. The summed E-state index contributed by atoms with van der Waals surface area (Å²) in [4.78, 5) is 1.34. The normalized spacial score (nSPS) is 10.8. The Bertz CT molecular complexity index is 659. The van der Waals surface area contributed by atoms with Crippen LogP contribution < -0.4 is 5.32 Å². The van der Waals surface area contributed by atoms with Crippen molar-refractivity contribution in [2.45, 2.75) is 13.1 Å². The number of nitrogens with zero attached hydrogens (tertiary/aromatic N) is 2. The number of hydrogen-bond acceptors (Lipinski definition) is 3. The summed E-state index contributed by atoms with van der Waals surface area (Å²) >= 11 is 5.23. The van der Waals surface area contributed by atoms with Gasteiger partial charge in [-0.2, -0.15) is 5.10 Å². The number of nitrogens with one attached hydrogen (secondary N) is 1. The summed E-state index contributed by atoms with van der Waals surface area (Å²) in [6.07, 6.45) is 3.73. The predicted molar refractivity (Wildman–Crippen MR) is 86.1 cm³/mol. The van der Waals surface area contributed by atoms with Crippen molar-refractivity contribution >= 4 is 27.3 Å². The van der Waals surface area contributed by atoms with Crippen molar-refractivity contribution in [3.63, 3.8) is 0 Å². The van der Waals surface area contributed by atoms with Gasteiger partial charge in [0.15, 0.2) is 0 Å². The smallest absolute Gasteiger partial charge is 0.0645 e. The number of thiophene rings is 1. The molecule has 3 aromatic rings. The Morgan fingerprint density at radius 2 is 2.05 bits per heavy atom. The highest BCUT2D eigenvalue weighted by Crippen LogP contribution is 2.19. The molecule has 0 aliphatic heterocycles. The number of aromatic nitrogens is 2. The molecule has 0 fully saturated rings. The van der Waals surface area contributed by atoms with Crippen molar-refractivity contribution < 1.29 is 0 Å². The first-order valence-electron chi connectivity index (χ1n) is 6.34. The standard InChI is InChI=1S/C15H14BrN3S/c16-13-8-15(20-11-13)10-17-9-12-2-4-14(5-3-12)19-7-1-6-18-19/h1-8,11,17H,9-10H2. The van der Waals surface area contributed by atoms with E-state index in [1.54, 1.807) is 17.5 Å². The van der Waals surface area contributed by atoms with E-state index in [0.717, 1.165) is 23.2 Å². The molecule has 3 rings (SSSR count). The molecule has 0 spiro atoms. The van der Waals surface area contributed by atoms with Crippen LogP contribution in [-0.2, 0) is 13.1 Å².